The summed E-state index contributed by atoms with van der Waals surface area (Å²) in [7, 11) is 0. The molecule has 4 nitrogen and oxygen atoms in total. The van der Waals surface area contributed by atoms with Crippen molar-refractivity contribution in [2.45, 2.75) is 12.8 Å². The van der Waals surface area contributed by atoms with Crippen molar-refractivity contribution in [1.29, 1.82) is 0 Å². The number of benzene rings is 1. The molecule has 3 heterocycles. The van der Waals surface area contributed by atoms with Gasteiger partial charge in [0.2, 0.25) is 0 Å². The van der Waals surface area contributed by atoms with Gasteiger partial charge >= 0.3 is 0 Å². The van der Waals surface area contributed by atoms with E-state index in [4.69, 9.17) is 4.42 Å². The fourth-order valence-electron chi connectivity index (χ4n) is 2.95. The van der Waals surface area contributed by atoms with Crippen molar-refractivity contribution in [3.8, 4) is 11.3 Å². The first-order valence-electron chi connectivity index (χ1n) is 7.11. The number of rotatable bonds is 3. The van der Waals surface area contributed by atoms with Gasteiger partial charge < -0.3 is 14.7 Å². The van der Waals surface area contributed by atoms with Crippen molar-refractivity contribution in [3.63, 3.8) is 0 Å². The monoisotopic (exact) mass is 267 g/mol. The van der Waals surface area contributed by atoms with E-state index in [2.05, 4.69) is 21.4 Å². The number of aromatic amines is 1. The molecule has 1 saturated heterocycles. The fourth-order valence-corrected chi connectivity index (χ4v) is 2.95. The Morgan fingerprint density at radius 3 is 3.15 bits per heavy atom. The summed E-state index contributed by atoms with van der Waals surface area (Å²) in [4.78, 5) is 7.95. The Morgan fingerprint density at radius 1 is 1.30 bits per heavy atom. The maximum atomic E-state index is 5.59. The van der Waals surface area contributed by atoms with Crippen LogP contribution in [0.4, 0.5) is 0 Å². The average Bonchev–Trinajstić information content (AvgIpc) is 3.18. The van der Waals surface area contributed by atoms with Gasteiger partial charge in [0.25, 0.3) is 0 Å². The van der Waals surface area contributed by atoms with Crippen LogP contribution in [0.5, 0.6) is 0 Å². The zero-order chi connectivity index (χ0) is 13.4. The highest BCUT2D eigenvalue weighted by atomic mass is 16.3. The first-order valence-corrected chi connectivity index (χ1v) is 7.11. The van der Waals surface area contributed by atoms with Crippen molar-refractivity contribution in [3.05, 3.63) is 42.5 Å². The quantitative estimate of drug-likeness (QED) is 0.767. The van der Waals surface area contributed by atoms with Crippen LogP contribution in [0.1, 0.15) is 12.2 Å². The van der Waals surface area contributed by atoms with Gasteiger partial charge in [0, 0.05) is 17.4 Å². The molecule has 2 N–H and O–H groups in total. The Labute approximate surface area is 117 Å². The largest absolute Gasteiger partial charge is 0.464 e. The maximum absolute atomic E-state index is 5.59. The summed E-state index contributed by atoms with van der Waals surface area (Å²) in [5, 5.41) is 4.52. The van der Waals surface area contributed by atoms with Crippen LogP contribution in [-0.2, 0) is 6.42 Å². The number of hydrogen-bond donors (Lipinski definition) is 2. The molecule has 0 spiro atoms. The molecule has 2 aromatic heterocycles. The van der Waals surface area contributed by atoms with E-state index in [9.17, 15) is 0 Å². The Balaban J connectivity index is 1.64. The van der Waals surface area contributed by atoms with Gasteiger partial charge in [-0.15, -0.1) is 0 Å². The van der Waals surface area contributed by atoms with E-state index in [1.54, 1.807) is 6.26 Å². The van der Waals surface area contributed by atoms with Crippen LogP contribution >= 0.6 is 0 Å². The molecule has 1 aliphatic heterocycles. The molecule has 4 heteroatoms. The summed E-state index contributed by atoms with van der Waals surface area (Å²) >= 11 is 0. The number of para-hydroxylation sites is 1. The molecule has 0 radical (unpaired) electrons. The topological polar surface area (TPSA) is 53.9 Å². The van der Waals surface area contributed by atoms with Crippen LogP contribution in [0.3, 0.4) is 0 Å². The SMILES string of the molecule is c1ccc2c(-c3cnc(CC4CCNC4)[nH]3)coc2c1. The molecule has 1 unspecified atom stereocenters. The minimum Gasteiger partial charge on any atom is -0.464 e. The lowest BCUT2D eigenvalue weighted by molar-refractivity contribution is 0.565. The minimum atomic E-state index is 0.704. The van der Waals surface area contributed by atoms with Crippen molar-refractivity contribution in [2.75, 3.05) is 13.1 Å². The first kappa shape index (κ1) is 11.7. The molecule has 102 valence electrons. The fraction of sp³-hybridized carbons (Fsp3) is 0.312. The molecule has 4 rings (SSSR count). The number of H-pyrrole nitrogens is 1. The number of furan rings is 1. The van der Waals surface area contributed by atoms with Gasteiger partial charge in [-0.05, 0) is 31.5 Å². The van der Waals surface area contributed by atoms with Gasteiger partial charge in [0.05, 0.1) is 11.9 Å². The average molecular weight is 267 g/mol. The molecule has 1 aliphatic rings. The lowest BCUT2D eigenvalue weighted by atomic mass is 10.1. The number of imidazole rings is 1. The summed E-state index contributed by atoms with van der Waals surface area (Å²) in [6.45, 7) is 2.23. The molecule has 0 aliphatic carbocycles. The van der Waals surface area contributed by atoms with Gasteiger partial charge in [-0.3, -0.25) is 0 Å². The molecule has 0 bridgehead atoms. The molecule has 0 amide bonds. The Kier molecular flexibility index (Phi) is 2.81. The Bertz CT molecular complexity index is 722. The number of aromatic nitrogens is 2. The smallest absolute Gasteiger partial charge is 0.134 e. The summed E-state index contributed by atoms with van der Waals surface area (Å²) < 4.78 is 5.59. The Morgan fingerprint density at radius 2 is 2.25 bits per heavy atom. The Hall–Kier alpha value is -2.07. The molecular weight excluding hydrogens is 250 g/mol. The van der Waals surface area contributed by atoms with Crippen LogP contribution in [0, 0.1) is 5.92 Å². The highest BCUT2D eigenvalue weighted by molar-refractivity contribution is 5.92. The van der Waals surface area contributed by atoms with Gasteiger partial charge in [0.15, 0.2) is 0 Å². The molecule has 1 fully saturated rings. The number of nitrogens with zero attached hydrogens (tertiary/aromatic N) is 1. The lowest BCUT2D eigenvalue weighted by Crippen LogP contribution is -2.11. The highest BCUT2D eigenvalue weighted by Gasteiger charge is 2.17. The molecular formula is C16H17N3O. The number of fused-ring (bicyclic) bond motifs is 1. The van der Waals surface area contributed by atoms with Gasteiger partial charge in [-0.1, -0.05) is 18.2 Å². The summed E-state index contributed by atoms with van der Waals surface area (Å²) in [5.74, 6) is 1.77. The standard InChI is InChI=1S/C16H17N3O/c1-2-4-15-12(3-1)13(10-20-15)14-9-18-16(19-14)7-11-5-6-17-8-11/h1-4,9-11,17H,5-8H2,(H,18,19). The van der Waals surface area contributed by atoms with E-state index in [0.717, 1.165) is 47.6 Å². The van der Waals surface area contributed by atoms with Crippen LogP contribution < -0.4 is 5.32 Å². The zero-order valence-corrected chi connectivity index (χ0v) is 11.2. The van der Waals surface area contributed by atoms with Crippen LogP contribution in [0.2, 0.25) is 0 Å². The van der Waals surface area contributed by atoms with E-state index >= 15 is 0 Å². The van der Waals surface area contributed by atoms with Gasteiger partial charge in [-0.2, -0.15) is 0 Å². The molecule has 0 saturated carbocycles. The minimum absolute atomic E-state index is 0.704. The van der Waals surface area contributed by atoms with Crippen LogP contribution in [-0.4, -0.2) is 23.1 Å². The van der Waals surface area contributed by atoms with Crippen molar-refractivity contribution in [1.82, 2.24) is 15.3 Å². The lowest BCUT2D eigenvalue weighted by Gasteiger charge is -2.04. The van der Waals surface area contributed by atoms with Crippen LogP contribution in [0.25, 0.3) is 22.2 Å². The van der Waals surface area contributed by atoms with Gasteiger partial charge in [-0.25, -0.2) is 4.98 Å². The third kappa shape index (κ3) is 2.02. The second kappa shape index (κ2) is 4.80. The first-order chi connectivity index (χ1) is 9.90. The van der Waals surface area contributed by atoms with Crippen molar-refractivity contribution < 1.29 is 4.42 Å². The molecule has 3 aromatic rings. The van der Waals surface area contributed by atoms with Gasteiger partial charge in [0.1, 0.15) is 17.7 Å². The van der Waals surface area contributed by atoms with E-state index in [-0.39, 0.29) is 0 Å². The normalized spacial score (nSPS) is 18.9. The zero-order valence-electron chi connectivity index (χ0n) is 11.2. The van der Waals surface area contributed by atoms with E-state index in [0.29, 0.717) is 5.92 Å². The van der Waals surface area contributed by atoms with E-state index < -0.39 is 0 Å². The number of hydrogen-bond acceptors (Lipinski definition) is 3. The molecule has 1 atom stereocenters. The van der Waals surface area contributed by atoms with E-state index in [1.807, 2.05) is 24.4 Å². The van der Waals surface area contributed by atoms with Crippen molar-refractivity contribution in [2.24, 2.45) is 5.92 Å². The second-order valence-electron chi connectivity index (χ2n) is 5.45. The summed E-state index contributed by atoms with van der Waals surface area (Å²) in [6, 6.07) is 8.08. The molecule has 20 heavy (non-hydrogen) atoms. The second-order valence-corrected chi connectivity index (χ2v) is 5.45. The maximum Gasteiger partial charge on any atom is 0.134 e. The third-order valence-corrected chi connectivity index (χ3v) is 4.04. The molecule has 1 aromatic carbocycles. The summed E-state index contributed by atoms with van der Waals surface area (Å²) in [5.41, 5.74) is 3.04. The predicted molar refractivity (Wildman–Crippen MR) is 78.5 cm³/mol. The predicted octanol–water partition coefficient (Wildman–Crippen LogP) is 2.97. The van der Waals surface area contributed by atoms with E-state index in [1.165, 1.54) is 6.42 Å². The number of nitrogens with one attached hydrogen (secondary N) is 2. The summed E-state index contributed by atoms with van der Waals surface area (Å²) in [6.07, 6.45) is 5.97. The van der Waals surface area contributed by atoms with Crippen molar-refractivity contribution >= 4 is 11.0 Å². The van der Waals surface area contributed by atoms with Crippen LogP contribution in [0.15, 0.2) is 41.1 Å². The highest BCUT2D eigenvalue weighted by Crippen LogP contribution is 2.29. The third-order valence-electron chi connectivity index (χ3n) is 4.04.